The van der Waals surface area contributed by atoms with Gasteiger partial charge in [0.15, 0.2) is 5.11 Å². The van der Waals surface area contributed by atoms with E-state index >= 15 is 0 Å². The van der Waals surface area contributed by atoms with E-state index in [4.69, 9.17) is 17.3 Å². The third-order valence-corrected chi connectivity index (χ3v) is 6.47. The molecule has 6 heteroatoms. The first kappa shape index (κ1) is 21.5. The topological polar surface area (TPSA) is 73.7 Å². The number of para-hydroxylation sites is 1. The summed E-state index contributed by atoms with van der Waals surface area (Å²) in [5.41, 5.74) is 5.10. The maximum absolute atomic E-state index is 10.6. The minimum atomic E-state index is -0.717. The van der Waals surface area contributed by atoms with Crippen molar-refractivity contribution in [1.29, 1.82) is 0 Å². The molecular weight excluding hydrogens is 382 g/mol. The van der Waals surface area contributed by atoms with E-state index in [1.165, 1.54) is 19.3 Å². The van der Waals surface area contributed by atoms with Gasteiger partial charge < -0.3 is 10.4 Å². The molecule has 2 saturated carbocycles. The molecule has 2 aliphatic carbocycles. The Balaban J connectivity index is 1.52. The number of aliphatic carboxylic acids is 1. The van der Waals surface area contributed by atoms with Crippen molar-refractivity contribution < 1.29 is 9.90 Å². The van der Waals surface area contributed by atoms with Gasteiger partial charge in [0.05, 0.1) is 0 Å². The van der Waals surface area contributed by atoms with E-state index in [1.807, 2.05) is 30.3 Å². The van der Waals surface area contributed by atoms with Gasteiger partial charge in [-0.1, -0.05) is 30.4 Å². The van der Waals surface area contributed by atoms with Gasteiger partial charge in [0.25, 0.3) is 0 Å². The van der Waals surface area contributed by atoms with Crippen molar-refractivity contribution in [3.05, 3.63) is 42.5 Å². The zero-order valence-electron chi connectivity index (χ0n) is 17.0. The van der Waals surface area contributed by atoms with Crippen LogP contribution in [0.2, 0.25) is 0 Å². The lowest BCUT2D eigenvalue weighted by atomic mass is 9.75. The number of fused-ring (bicyclic) bond motifs is 2. The largest absolute Gasteiger partial charge is 0.481 e. The summed E-state index contributed by atoms with van der Waals surface area (Å²) < 4.78 is 0. The summed E-state index contributed by atoms with van der Waals surface area (Å²) in [7, 11) is 0. The smallest absolute Gasteiger partial charge is 0.303 e. The zero-order chi connectivity index (χ0) is 20.6. The van der Waals surface area contributed by atoms with E-state index in [0.717, 1.165) is 36.1 Å². The van der Waals surface area contributed by atoms with Crippen LogP contribution in [0.1, 0.15) is 51.9 Å². The van der Waals surface area contributed by atoms with Crippen molar-refractivity contribution >= 4 is 34.7 Å². The summed E-state index contributed by atoms with van der Waals surface area (Å²) in [4.78, 5) is 10.6. The fraction of sp³-hybridized carbons (Fsp3) is 0.522. The van der Waals surface area contributed by atoms with E-state index in [9.17, 15) is 4.79 Å². The minimum absolute atomic E-state index is 0.245. The highest BCUT2D eigenvalue weighted by Gasteiger charge is 2.47. The van der Waals surface area contributed by atoms with Gasteiger partial charge in [0.1, 0.15) is 0 Å². The molecule has 4 unspecified atom stereocenters. The Hall–Kier alpha value is -2.21. The van der Waals surface area contributed by atoms with E-state index < -0.39 is 5.97 Å². The number of benzene rings is 1. The first-order chi connectivity index (χ1) is 14.0. The molecule has 0 radical (unpaired) electrons. The van der Waals surface area contributed by atoms with E-state index in [1.54, 1.807) is 0 Å². The molecule has 1 aromatic carbocycles. The monoisotopic (exact) mass is 413 g/mol. The number of hydrazone groups is 1. The lowest BCUT2D eigenvalue weighted by Gasteiger charge is -2.30. The Kier molecular flexibility index (Phi) is 7.81. The Morgan fingerprint density at radius 2 is 2.00 bits per heavy atom. The first-order valence-electron chi connectivity index (χ1n) is 10.6. The van der Waals surface area contributed by atoms with E-state index in [-0.39, 0.29) is 6.42 Å². The van der Waals surface area contributed by atoms with Crippen molar-refractivity contribution in [2.75, 3.05) is 5.32 Å². The molecule has 1 aromatic rings. The van der Waals surface area contributed by atoms with Gasteiger partial charge in [-0.05, 0) is 87.6 Å². The minimum Gasteiger partial charge on any atom is -0.481 e. The maximum atomic E-state index is 10.6. The van der Waals surface area contributed by atoms with Gasteiger partial charge in [-0.15, -0.1) is 0 Å². The Bertz CT molecular complexity index is 763. The van der Waals surface area contributed by atoms with Crippen molar-refractivity contribution in [2.24, 2.45) is 28.8 Å². The fourth-order valence-electron chi connectivity index (χ4n) is 5.04. The highest BCUT2D eigenvalue weighted by atomic mass is 32.1. The number of allylic oxidation sites excluding steroid dienone is 2. The van der Waals surface area contributed by atoms with Crippen molar-refractivity contribution in [3.63, 3.8) is 0 Å². The summed E-state index contributed by atoms with van der Waals surface area (Å²) in [5, 5.41) is 17.0. The number of nitrogens with zero attached hydrogens (tertiary/aromatic N) is 1. The number of anilines is 1. The Morgan fingerprint density at radius 1 is 1.24 bits per heavy atom. The highest BCUT2D eigenvalue weighted by molar-refractivity contribution is 7.80. The average molecular weight is 414 g/mol. The Morgan fingerprint density at radius 3 is 2.76 bits per heavy atom. The molecule has 0 heterocycles. The van der Waals surface area contributed by atoms with Crippen LogP contribution in [-0.2, 0) is 4.79 Å². The summed E-state index contributed by atoms with van der Waals surface area (Å²) in [6, 6.07) is 9.85. The summed E-state index contributed by atoms with van der Waals surface area (Å²) >= 11 is 5.37. The van der Waals surface area contributed by atoms with E-state index in [2.05, 4.69) is 34.9 Å². The second-order valence-electron chi connectivity index (χ2n) is 8.20. The fourth-order valence-corrected chi connectivity index (χ4v) is 5.20. The summed E-state index contributed by atoms with van der Waals surface area (Å²) in [6.45, 7) is 2.12. The molecule has 0 saturated heterocycles. The van der Waals surface area contributed by atoms with E-state index in [0.29, 0.717) is 23.4 Å². The van der Waals surface area contributed by atoms with Crippen molar-refractivity contribution in [1.82, 2.24) is 5.43 Å². The van der Waals surface area contributed by atoms with Crippen LogP contribution in [-0.4, -0.2) is 21.9 Å². The van der Waals surface area contributed by atoms with Crippen molar-refractivity contribution in [3.8, 4) is 0 Å². The molecule has 0 amide bonds. The van der Waals surface area contributed by atoms with Gasteiger partial charge in [-0.2, -0.15) is 5.10 Å². The van der Waals surface area contributed by atoms with Gasteiger partial charge >= 0.3 is 5.97 Å². The number of nitrogens with one attached hydrogen (secondary N) is 2. The normalized spacial score (nSPS) is 26.0. The molecule has 0 aliphatic heterocycles. The first-order valence-corrected chi connectivity index (χ1v) is 11.0. The lowest BCUT2D eigenvalue weighted by molar-refractivity contribution is -0.137. The number of hydrogen-bond donors (Lipinski definition) is 3. The number of carboxylic acid groups (broad SMARTS) is 1. The molecule has 29 heavy (non-hydrogen) atoms. The molecule has 0 aromatic heterocycles. The quantitative estimate of drug-likeness (QED) is 0.170. The van der Waals surface area contributed by atoms with Gasteiger partial charge in [-0.25, -0.2) is 0 Å². The Labute approximate surface area is 178 Å². The molecule has 2 aliphatic rings. The molecule has 156 valence electrons. The molecule has 4 atom stereocenters. The standard InChI is InChI=1S/C23H31N3O2S/c1-16(25-26-23(29)24-19-9-5-4-6-10-19)22-18-14-13-17(15-18)20(22)11-7-2-3-8-12-21(27)28/h2,4-7,9-10,17-18,20,22H,3,8,11-15H2,1H3,(H,27,28)(H2,24,26,29)/b7-2-,25-16+. The van der Waals surface area contributed by atoms with Gasteiger partial charge in [0, 0.05) is 23.7 Å². The predicted molar refractivity (Wildman–Crippen MR) is 122 cm³/mol. The number of hydrogen-bond acceptors (Lipinski definition) is 3. The molecule has 2 fully saturated rings. The van der Waals surface area contributed by atoms with Crippen LogP contribution in [0.3, 0.4) is 0 Å². The third-order valence-electron chi connectivity index (χ3n) is 6.27. The van der Waals surface area contributed by atoms with Gasteiger partial charge in [-0.3, -0.25) is 10.2 Å². The van der Waals surface area contributed by atoms with Crippen LogP contribution in [0.4, 0.5) is 5.69 Å². The number of carbonyl (C=O) groups is 1. The van der Waals surface area contributed by atoms with Crippen LogP contribution in [0, 0.1) is 23.7 Å². The second kappa shape index (κ2) is 10.5. The van der Waals surface area contributed by atoms with Crippen LogP contribution < -0.4 is 10.7 Å². The number of thiocarbonyl (C=S) groups is 1. The van der Waals surface area contributed by atoms with Crippen LogP contribution in [0.15, 0.2) is 47.6 Å². The van der Waals surface area contributed by atoms with Crippen LogP contribution >= 0.6 is 12.2 Å². The molecule has 3 N–H and O–H groups in total. The molecule has 0 spiro atoms. The highest BCUT2D eigenvalue weighted by Crippen LogP contribution is 2.54. The third kappa shape index (κ3) is 6.13. The molecule has 3 rings (SSSR count). The molecular formula is C23H31N3O2S. The average Bonchev–Trinajstić information content (AvgIpc) is 3.31. The number of rotatable bonds is 9. The lowest BCUT2D eigenvalue weighted by Crippen LogP contribution is -2.31. The predicted octanol–water partition coefficient (Wildman–Crippen LogP) is 5.21. The number of carboxylic acids is 1. The van der Waals surface area contributed by atoms with Crippen LogP contribution in [0.25, 0.3) is 0 Å². The SMILES string of the molecule is C/C(=N\NC(=S)Nc1ccccc1)C1C2CCC(C2)C1C/C=C\CCCC(=O)O. The number of unbranched alkanes of at least 4 members (excludes halogenated alkanes) is 1. The van der Waals surface area contributed by atoms with Crippen molar-refractivity contribution in [2.45, 2.75) is 51.9 Å². The molecule has 2 bridgehead atoms. The van der Waals surface area contributed by atoms with Gasteiger partial charge in [0.2, 0.25) is 0 Å². The second-order valence-corrected chi connectivity index (χ2v) is 8.61. The maximum Gasteiger partial charge on any atom is 0.303 e. The molecule has 5 nitrogen and oxygen atoms in total. The zero-order valence-corrected chi connectivity index (χ0v) is 17.8. The van der Waals surface area contributed by atoms with Crippen LogP contribution in [0.5, 0.6) is 0 Å². The summed E-state index contributed by atoms with van der Waals surface area (Å²) in [6.07, 6.45) is 11.2. The summed E-state index contributed by atoms with van der Waals surface area (Å²) in [5.74, 6) is 1.93.